The summed E-state index contributed by atoms with van der Waals surface area (Å²) >= 11 is 0. The lowest BCUT2D eigenvalue weighted by molar-refractivity contribution is -0.121. The molecule has 4 heteroatoms. The molecule has 1 aromatic rings. The molecule has 0 saturated heterocycles. The maximum atomic E-state index is 12.4. The molecule has 1 N–H and O–H groups in total. The van der Waals surface area contributed by atoms with E-state index in [1.165, 1.54) is 0 Å². The minimum atomic E-state index is -0.356. The summed E-state index contributed by atoms with van der Waals surface area (Å²) in [4.78, 5) is 12.4. The Bertz CT molecular complexity index is 647. The molecule has 2 atom stereocenters. The van der Waals surface area contributed by atoms with Crippen molar-refractivity contribution in [3.63, 3.8) is 0 Å². The summed E-state index contributed by atoms with van der Waals surface area (Å²) in [6.07, 6.45) is 4.98. The van der Waals surface area contributed by atoms with Gasteiger partial charge >= 0.3 is 0 Å². The Labute approximate surface area is 130 Å². The number of benzene rings is 1. The highest BCUT2D eigenvalue weighted by atomic mass is 16.5. The zero-order valence-electron chi connectivity index (χ0n) is 13.3. The predicted molar refractivity (Wildman–Crippen MR) is 83.2 cm³/mol. The molecule has 22 heavy (non-hydrogen) atoms. The number of carbonyl (C=O) groups excluding carboxylic acids is 1. The first kappa shape index (κ1) is 14.9. The molecular formula is C18H22O4. The monoisotopic (exact) mass is 302 g/mol. The number of hydrogen-bond donors (Lipinski definition) is 1. The van der Waals surface area contributed by atoms with E-state index in [0.29, 0.717) is 17.9 Å². The summed E-state index contributed by atoms with van der Waals surface area (Å²) in [7, 11) is 3.09. The number of aryl methyl sites for hydroxylation is 1. The number of ketones is 1. The molecule has 4 nitrogen and oxygen atoms in total. The first-order valence-corrected chi connectivity index (χ1v) is 7.75. The number of aromatic hydroxyl groups is 1. The molecule has 118 valence electrons. The van der Waals surface area contributed by atoms with Crippen LogP contribution >= 0.6 is 0 Å². The number of methoxy groups -OCH3 is 2. The van der Waals surface area contributed by atoms with Crippen molar-refractivity contribution in [3.8, 4) is 11.5 Å². The van der Waals surface area contributed by atoms with Gasteiger partial charge in [0.1, 0.15) is 0 Å². The highest BCUT2D eigenvalue weighted by molar-refractivity contribution is 5.96. The topological polar surface area (TPSA) is 55.8 Å². The zero-order chi connectivity index (χ0) is 15.9. The fourth-order valence-electron chi connectivity index (χ4n) is 4.17. The Hall–Kier alpha value is -1.97. The van der Waals surface area contributed by atoms with Crippen LogP contribution in [-0.4, -0.2) is 25.1 Å². The summed E-state index contributed by atoms with van der Waals surface area (Å²) in [5.74, 6) is 1.33. The van der Waals surface area contributed by atoms with E-state index in [1.807, 2.05) is 12.1 Å². The molecule has 0 heterocycles. The SMILES string of the molecule is CC[C@@]12CC(=O)C(OC)=CC1CCc1ccc(OC)c(O)c12. The van der Waals surface area contributed by atoms with E-state index in [0.717, 1.165) is 30.4 Å². The van der Waals surface area contributed by atoms with Crippen LogP contribution in [0, 0.1) is 5.92 Å². The average molecular weight is 302 g/mol. The fourth-order valence-corrected chi connectivity index (χ4v) is 4.17. The molecule has 0 aromatic heterocycles. The third-order valence-electron chi connectivity index (χ3n) is 5.33. The van der Waals surface area contributed by atoms with Crippen LogP contribution in [0.2, 0.25) is 0 Å². The Morgan fingerprint density at radius 3 is 2.73 bits per heavy atom. The van der Waals surface area contributed by atoms with E-state index >= 15 is 0 Å². The van der Waals surface area contributed by atoms with E-state index in [-0.39, 0.29) is 22.9 Å². The summed E-state index contributed by atoms with van der Waals surface area (Å²) in [5, 5.41) is 10.7. The van der Waals surface area contributed by atoms with Crippen LogP contribution < -0.4 is 4.74 Å². The van der Waals surface area contributed by atoms with Crippen LogP contribution in [0.3, 0.4) is 0 Å². The summed E-state index contributed by atoms with van der Waals surface area (Å²) in [5.41, 5.74) is 1.66. The number of allylic oxidation sites excluding steroid dienone is 2. The number of fused-ring (bicyclic) bond motifs is 3. The molecule has 2 aliphatic carbocycles. The van der Waals surface area contributed by atoms with E-state index in [2.05, 4.69) is 6.92 Å². The van der Waals surface area contributed by atoms with E-state index in [1.54, 1.807) is 20.3 Å². The van der Waals surface area contributed by atoms with Crippen molar-refractivity contribution in [2.24, 2.45) is 5.92 Å². The number of phenols is 1. The molecule has 3 rings (SSSR count). The summed E-state index contributed by atoms with van der Waals surface area (Å²) in [6.45, 7) is 2.08. The third-order valence-corrected chi connectivity index (χ3v) is 5.33. The van der Waals surface area contributed by atoms with Crippen LogP contribution in [-0.2, 0) is 21.4 Å². The second kappa shape index (κ2) is 5.34. The smallest absolute Gasteiger partial charge is 0.197 e. The van der Waals surface area contributed by atoms with Gasteiger partial charge in [-0.1, -0.05) is 13.0 Å². The third kappa shape index (κ3) is 1.93. The highest BCUT2D eigenvalue weighted by Gasteiger charge is 2.49. The van der Waals surface area contributed by atoms with Gasteiger partial charge in [0.25, 0.3) is 0 Å². The van der Waals surface area contributed by atoms with Crippen molar-refractivity contribution >= 4 is 5.78 Å². The number of ether oxygens (including phenoxy) is 2. The first-order chi connectivity index (χ1) is 10.6. The molecule has 0 fully saturated rings. The highest BCUT2D eigenvalue weighted by Crippen LogP contribution is 2.54. The lowest BCUT2D eigenvalue weighted by Crippen LogP contribution is -2.43. The second-order valence-electron chi connectivity index (χ2n) is 6.14. The molecular weight excluding hydrogens is 280 g/mol. The molecule has 1 unspecified atom stereocenters. The van der Waals surface area contributed by atoms with Gasteiger partial charge in [-0.2, -0.15) is 0 Å². The quantitative estimate of drug-likeness (QED) is 0.932. The van der Waals surface area contributed by atoms with Gasteiger partial charge in [-0.3, -0.25) is 4.79 Å². The van der Waals surface area contributed by atoms with Crippen LogP contribution in [0.15, 0.2) is 24.0 Å². The Balaban J connectivity index is 2.22. The Morgan fingerprint density at radius 1 is 1.32 bits per heavy atom. The van der Waals surface area contributed by atoms with Crippen LogP contribution in [0.25, 0.3) is 0 Å². The predicted octanol–water partition coefficient (Wildman–Crippen LogP) is 3.11. The van der Waals surface area contributed by atoms with E-state index in [9.17, 15) is 9.90 Å². The van der Waals surface area contributed by atoms with Gasteiger partial charge in [0.05, 0.1) is 14.2 Å². The van der Waals surface area contributed by atoms with E-state index in [4.69, 9.17) is 9.47 Å². The van der Waals surface area contributed by atoms with Crippen molar-refractivity contribution in [3.05, 3.63) is 35.1 Å². The van der Waals surface area contributed by atoms with Gasteiger partial charge in [0, 0.05) is 17.4 Å². The summed E-state index contributed by atoms with van der Waals surface area (Å²) in [6, 6.07) is 3.82. The van der Waals surface area contributed by atoms with Crippen LogP contribution in [0.4, 0.5) is 0 Å². The van der Waals surface area contributed by atoms with Crippen molar-refractivity contribution < 1.29 is 19.4 Å². The number of hydrogen-bond acceptors (Lipinski definition) is 4. The van der Waals surface area contributed by atoms with Crippen molar-refractivity contribution in [2.45, 2.75) is 38.0 Å². The molecule has 2 aliphatic rings. The van der Waals surface area contributed by atoms with Crippen LogP contribution in [0.5, 0.6) is 11.5 Å². The Kier molecular flexibility index (Phi) is 3.63. The number of rotatable bonds is 3. The van der Waals surface area contributed by atoms with Gasteiger partial charge in [0.2, 0.25) is 0 Å². The van der Waals surface area contributed by atoms with E-state index < -0.39 is 0 Å². The normalized spacial score (nSPS) is 26.8. The molecule has 1 aromatic carbocycles. The number of Topliss-reactive ketones (excluding diaryl/α,β-unsaturated/α-hetero) is 1. The van der Waals surface area contributed by atoms with Crippen molar-refractivity contribution in [1.82, 2.24) is 0 Å². The van der Waals surface area contributed by atoms with Gasteiger partial charge in [-0.15, -0.1) is 0 Å². The number of carbonyl (C=O) groups is 1. The molecule has 0 aliphatic heterocycles. The van der Waals surface area contributed by atoms with Crippen LogP contribution in [0.1, 0.15) is 37.3 Å². The fraction of sp³-hybridized carbons (Fsp3) is 0.500. The van der Waals surface area contributed by atoms with Gasteiger partial charge in [-0.05, 0) is 42.9 Å². The van der Waals surface area contributed by atoms with Gasteiger partial charge in [0.15, 0.2) is 23.0 Å². The lowest BCUT2D eigenvalue weighted by Gasteiger charge is -2.46. The van der Waals surface area contributed by atoms with Gasteiger partial charge in [-0.25, -0.2) is 0 Å². The first-order valence-electron chi connectivity index (χ1n) is 7.75. The van der Waals surface area contributed by atoms with Crippen molar-refractivity contribution in [1.29, 1.82) is 0 Å². The molecule has 0 bridgehead atoms. The molecule has 0 radical (unpaired) electrons. The standard InChI is InChI=1S/C18H22O4/c1-4-18-10-13(19)15(22-3)9-12(18)7-5-11-6-8-14(21-2)17(20)16(11)18/h6,8-9,12,20H,4-5,7,10H2,1-3H3/t12?,18-/m1/s1. The maximum absolute atomic E-state index is 12.4. The minimum absolute atomic E-state index is 0.00988. The lowest BCUT2D eigenvalue weighted by atomic mass is 9.57. The largest absolute Gasteiger partial charge is 0.504 e. The summed E-state index contributed by atoms with van der Waals surface area (Å²) < 4.78 is 10.5. The van der Waals surface area contributed by atoms with Gasteiger partial charge < -0.3 is 14.6 Å². The van der Waals surface area contributed by atoms with Crippen molar-refractivity contribution in [2.75, 3.05) is 14.2 Å². The molecule has 0 amide bonds. The number of phenolic OH excluding ortho intramolecular Hbond substituents is 1. The zero-order valence-corrected chi connectivity index (χ0v) is 13.3. The average Bonchev–Trinajstić information content (AvgIpc) is 2.54. The second-order valence-corrected chi connectivity index (χ2v) is 6.14. The minimum Gasteiger partial charge on any atom is -0.504 e. The molecule has 0 saturated carbocycles. The molecule has 0 spiro atoms. The maximum Gasteiger partial charge on any atom is 0.197 e. The Morgan fingerprint density at radius 2 is 2.09 bits per heavy atom.